The van der Waals surface area contributed by atoms with Gasteiger partial charge in [-0.3, -0.25) is 0 Å². The highest BCUT2D eigenvalue weighted by atomic mass is 19.4. The third-order valence-corrected chi connectivity index (χ3v) is 3.04. The van der Waals surface area contributed by atoms with E-state index in [2.05, 4.69) is 0 Å². The van der Waals surface area contributed by atoms with Crippen molar-refractivity contribution in [1.82, 2.24) is 0 Å². The number of alkyl halides is 13. The SMILES string of the molecule is N#CC(C#N)(CC(F)(F)C(F)(F)F)CC(F)(F)C(F)(F)C(F)(F)C(F)F. The maximum absolute atomic E-state index is 13.4. The highest BCUT2D eigenvalue weighted by molar-refractivity contribution is 5.19. The molecule has 0 amide bonds. The normalized spacial score (nSPS) is 14.9. The first-order valence-electron chi connectivity index (χ1n) is 5.92. The van der Waals surface area contributed by atoms with Crippen LogP contribution in [0, 0.1) is 28.1 Å². The van der Waals surface area contributed by atoms with E-state index in [0.717, 1.165) is 0 Å². The zero-order valence-corrected chi connectivity index (χ0v) is 11.8. The molecule has 15 heteroatoms. The van der Waals surface area contributed by atoms with Gasteiger partial charge in [-0.2, -0.15) is 58.8 Å². The second kappa shape index (κ2) is 6.66. The zero-order chi connectivity index (χ0) is 21.4. The van der Waals surface area contributed by atoms with Gasteiger partial charge in [-0.05, 0) is 0 Å². The van der Waals surface area contributed by atoms with Crippen molar-refractivity contribution in [2.45, 2.75) is 49.1 Å². The molecule has 0 saturated heterocycles. The highest BCUT2D eigenvalue weighted by Crippen LogP contribution is 2.54. The molecule has 0 N–H and O–H groups in total. The summed E-state index contributed by atoms with van der Waals surface area (Å²) in [6.07, 6.45) is -18.3. The lowest BCUT2D eigenvalue weighted by Gasteiger charge is -2.35. The molecule has 26 heavy (non-hydrogen) atoms. The van der Waals surface area contributed by atoms with Crippen molar-refractivity contribution >= 4 is 0 Å². The van der Waals surface area contributed by atoms with Crippen LogP contribution in [-0.2, 0) is 0 Å². The monoisotopic (exact) mass is 412 g/mol. The quantitative estimate of drug-likeness (QED) is 0.542. The number of halogens is 13. The largest absolute Gasteiger partial charge is 0.453 e. The van der Waals surface area contributed by atoms with Crippen LogP contribution >= 0.6 is 0 Å². The van der Waals surface area contributed by atoms with Gasteiger partial charge in [0.15, 0.2) is 5.41 Å². The Morgan fingerprint density at radius 2 is 1.00 bits per heavy atom. The predicted molar refractivity (Wildman–Crippen MR) is 54.7 cm³/mol. The Morgan fingerprint density at radius 3 is 1.27 bits per heavy atom. The summed E-state index contributed by atoms with van der Waals surface area (Å²) in [6.45, 7) is 0. The molecule has 0 aliphatic carbocycles. The number of hydrogen-bond acceptors (Lipinski definition) is 2. The molecular weight excluding hydrogens is 407 g/mol. The predicted octanol–water partition coefficient (Wildman–Crippen LogP) is 5.17. The third-order valence-electron chi connectivity index (χ3n) is 3.04. The first-order chi connectivity index (χ1) is 11.2. The van der Waals surface area contributed by atoms with Gasteiger partial charge < -0.3 is 0 Å². The molecule has 150 valence electrons. The van der Waals surface area contributed by atoms with Crippen LogP contribution in [0.3, 0.4) is 0 Å². The summed E-state index contributed by atoms with van der Waals surface area (Å²) in [5, 5.41) is 16.9. The molecule has 0 unspecified atom stereocenters. The maximum atomic E-state index is 13.4. The van der Waals surface area contributed by atoms with E-state index >= 15 is 0 Å². The lowest BCUT2D eigenvalue weighted by atomic mass is 9.77. The number of rotatable bonds is 7. The van der Waals surface area contributed by atoms with Crippen LogP contribution in [0.4, 0.5) is 57.1 Å². The van der Waals surface area contributed by atoms with Gasteiger partial charge in [0.25, 0.3) is 0 Å². The van der Waals surface area contributed by atoms with Crippen LogP contribution < -0.4 is 0 Å². The first-order valence-corrected chi connectivity index (χ1v) is 5.92. The molecule has 0 aromatic carbocycles. The molecular formula is C11H5F13N2. The summed E-state index contributed by atoms with van der Waals surface area (Å²) < 4.78 is 164. The second-order valence-corrected chi connectivity index (χ2v) is 5.06. The lowest BCUT2D eigenvalue weighted by Crippen LogP contribution is -2.59. The molecule has 2 nitrogen and oxygen atoms in total. The van der Waals surface area contributed by atoms with Crippen molar-refractivity contribution in [3.63, 3.8) is 0 Å². The van der Waals surface area contributed by atoms with Crippen LogP contribution in [0.2, 0.25) is 0 Å². The van der Waals surface area contributed by atoms with E-state index in [9.17, 15) is 57.1 Å². The fourth-order valence-corrected chi connectivity index (χ4v) is 1.60. The van der Waals surface area contributed by atoms with Gasteiger partial charge in [0.2, 0.25) is 0 Å². The topological polar surface area (TPSA) is 47.6 Å². The smallest absolute Gasteiger partial charge is 0.203 e. The maximum Gasteiger partial charge on any atom is 0.453 e. The molecule has 0 spiro atoms. The summed E-state index contributed by atoms with van der Waals surface area (Å²) in [5.41, 5.74) is -4.25. The molecule has 0 rings (SSSR count). The van der Waals surface area contributed by atoms with Crippen LogP contribution in [0.15, 0.2) is 0 Å². The molecule has 0 atom stereocenters. The minimum absolute atomic E-state index is 0.216. The Labute approximate surface area is 135 Å². The average Bonchev–Trinajstić information content (AvgIpc) is 2.44. The molecule has 0 aromatic heterocycles. The molecule has 0 aliphatic heterocycles. The Morgan fingerprint density at radius 1 is 0.654 bits per heavy atom. The van der Waals surface area contributed by atoms with Crippen molar-refractivity contribution in [3.8, 4) is 12.1 Å². The molecule has 0 saturated carbocycles. The minimum Gasteiger partial charge on any atom is -0.203 e. The van der Waals surface area contributed by atoms with Crippen molar-refractivity contribution in [2.75, 3.05) is 0 Å². The summed E-state index contributed by atoms with van der Waals surface area (Å²) in [4.78, 5) is 0. The number of hydrogen-bond donors (Lipinski definition) is 0. The van der Waals surface area contributed by atoms with E-state index in [1.807, 2.05) is 0 Å². The second-order valence-electron chi connectivity index (χ2n) is 5.06. The van der Waals surface area contributed by atoms with Crippen LogP contribution in [0.5, 0.6) is 0 Å². The van der Waals surface area contributed by atoms with Crippen LogP contribution in [0.1, 0.15) is 12.8 Å². The van der Waals surface area contributed by atoms with E-state index < -0.39 is 54.5 Å². The Balaban J connectivity index is 6.06. The molecule has 0 radical (unpaired) electrons. The van der Waals surface area contributed by atoms with Gasteiger partial charge in [0.05, 0.1) is 25.0 Å². The van der Waals surface area contributed by atoms with Gasteiger partial charge in [-0.1, -0.05) is 0 Å². The fraction of sp³-hybridized carbons (Fsp3) is 0.818. The van der Waals surface area contributed by atoms with Gasteiger partial charge >= 0.3 is 36.3 Å². The summed E-state index contributed by atoms with van der Waals surface area (Å²) >= 11 is 0. The Kier molecular flexibility index (Phi) is 6.17. The third kappa shape index (κ3) is 4.07. The standard InChI is InChI=1S/C11H5F13N2/c12-5(13)9(18,19)10(20,21)7(14,15)1-6(3-25,4-26)2-8(16,17)11(22,23)24/h5H,1-2H2. The summed E-state index contributed by atoms with van der Waals surface area (Å²) in [7, 11) is 0. The van der Waals surface area contributed by atoms with E-state index in [0.29, 0.717) is 0 Å². The molecule has 0 bridgehead atoms. The van der Waals surface area contributed by atoms with Gasteiger partial charge in [-0.15, -0.1) is 0 Å². The fourth-order valence-electron chi connectivity index (χ4n) is 1.60. The van der Waals surface area contributed by atoms with E-state index in [4.69, 9.17) is 10.5 Å². The number of nitrogens with zero attached hydrogens (tertiary/aromatic N) is 2. The molecule has 0 heterocycles. The van der Waals surface area contributed by atoms with E-state index in [1.54, 1.807) is 0 Å². The van der Waals surface area contributed by atoms with E-state index in [-0.39, 0.29) is 12.1 Å². The molecule has 0 fully saturated rings. The Bertz CT molecular complexity index is 579. The minimum atomic E-state index is -6.97. The first kappa shape index (κ1) is 24.1. The average molecular weight is 412 g/mol. The van der Waals surface area contributed by atoms with E-state index in [1.165, 1.54) is 0 Å². The van der Waals surface area contributed by atoms with Crippen molar-refractivity contribution < 1.29 is 57.1 Å². The van der Waals surface area contributed by atoms with Gasteiger partial charge in [0, 0.05) is 0 Å². The molecule has 0 aromatic rings. The number of nitriles is 2. The zero-order valence-electron chi connectivity index (χ0n) is 11.8. The highest BCUT2D eigenvalue weighted by Gasteiger charge is 2.77. The van der Waals surface area contributed by atoms with Crippen molar-refractivity contribution in [1.29, 1.82) is 10.5 Å². The van der Waals surface area contributed by atoms with Crippen molar-refractivity contribution in [2.24, 2.45) is 5.41 Å². The summed E-state index contributed by atoms with van der Waals surface area (Å²) in [5.74, 6) is -26.1. The van der Waals surface area contributed by atoms with Gasteiger partial charge in [0.1, 0.15) is 0 Å². The van der Waals surface area contributed by atoms with Crippen molar-refractivity contribution in [3.05, 3.63) is 0 Å². The Hall–Kier alpha value is -1.93. The van der Waals surface area contributed by atoms with Gasteiger partial charge in [-0.25, -0.2) is 8.78 Å². The molecule has 0 aliphatic rings. The summed E-state index contributed by atoms with van der Waals surface area (Å²) in [6, 6.07) is 0.431. The van der Waals surface area contributed by atoms with Crippen LogP contribution in [0.25, 0.3) is 0 Å². The lowest BCUT2D eigenvalue weighted by molar-refractivity contribution is -0.344. The van der Waals surface area contributed by atoms with Crippen LogP contribution in [-0.4, -0.2) is 36.3 Å².